The molecular weight excluding hydrogens is 502 g/mol. The van der Waals surface area contributed by atoms with E-state index < -0.39 is 0 Å². The van der Waals surface area contributed by atoms with E-state index in [9.17, 15) is 4.79 Å². The number of fused-ring (bicyclic) bond motifs is 7. The number of hydrogen-bond donors (Lipinski definition) is 0. The smallest absolute Gasteiger partial charge is 0.306 e. The van der Waals surface area contributed by atoms with Gasteiger partial charge in [-0.05, 0) is 140 Å². The Morgan fingerprint density at radius 3 is 2.41 bits per heavy atom. The molecule has 0 aromatic carbocycles. The van der Waals surface area contributed by atoms with Crippen molar-refractivity contribution >= 4 is 5.97 Å². The lowest BCUT2D eigenvalue weighted by Crippen LogP contribution is -2.66. The Bertz CT molecular complexity index is 1170. The molecule has 5 saturated carbocycles. The molecule has 5 aliphatic carbocycles. The molecule has 1 aromatic heterocycles. The van der Waals surface area contributed by atoms with Crippen molar-refractivity contribution in [3.8, 4) is 0 Å². The summed E-state index contributed by atoms with van der Waals surface area (Å²) >= 11 is 0. The van der Waals surface area contributed by atoms with Crippen molar-refractivity contribution in [2.45, 2.75) is 132 Å². The molecule has 5 aliphatic rings. The normalized spacial score (nSPS) is 46.4. The third-order valence-corrected chi connectivity index (χ3v) is 15.0. The number of allylic oxidation sites excluding steroid dienone is 1. The Morgan fingerprint density at radius 2 is 1.71 bits per heavy atom. The quantitative estimate of drug-likeness (QED) is 0.266. The third kappa shape index (κ3) is 4.32. The topological polar surface area (TPSA) is 39.2 Å². The Hall–Kier alpha value is -1.64. The van der Waals surface area contributed by atoms with Gasteiger partial charge in [-0.2, -0.15) is 0 Å². The molecular formula is C38H57NO2. The first-order valence-corrected chi connectivity index (χ1v) is 17.0. The zero-order chi connectivity index (χ0) is 29.4. The lowest BCUT2D eigenvalue weighted by Gasteiger charge is -2.73. The van der Waals surface area contributed by atoms with Gasteiger partial charge in [0.25, 0.3) is 0 Å². The van der Waals surface area contributed by atoms with Crippen LogP contribution in [0.4, 0.5) is 0 Å². The number of ether oxygens (including phenoxy) is 1. The second kappa shape index (κ2) is 9.95. The molecule has 0 aliphatic heterocycles. The van der Waals surface area contributed by atoms with E-state index >= 15 is 0 Å². The van der Waals surface area contributed by atoms with Gasteiger partial charge in [-0.3, -0.25) is 9.78 Å². The molecule has 6 rings (SSSR count). The average Bonchev–Trinajstić information content (AvgIpc) is 3.28. The van der Waals surface area contributed by atoms with E-state index in [1.165, 1.54) is 63.4 Å². The van der Waals surface area contributed by atoms with Crippen LogP contribution in [-0.2, 0) is 16.0 Å². The number of aromatic nitrogens is 1. The maximum atomic E-state index is 13.0. The van der Waals surface area contributed by atoms with Gasteiger partial charge in [0.15, 0.2) is 0 Å². The summed E-state index contributed by atoms with van der Waals surface area (Å²) in [4.78, 5) is 17.2. The molecule has 41 heavy (non-hydrogen) atoms. The predicted octanol–water partition coefficient (Wildman–Crippen LogP) is 9.60. The molecule has 0 unspecified atom stereocenters. The Morgan fingerprint density at radius 1 is 0.927 bits per heavy atom. The number of pyridine rings is 1. The third-order valence-electron chi connectivity index (χ3n) is 15.0. The number of aryl methyl sites for hydroxylation is 1. The standard InChI is InChI=1S/C38H57NO2/c1-25(2)27-15-18-35(5)21-22-37(7)28(33(27)35)12-13-30-36(6)19-17-31(34(3,4)29(36)16-20-38(30,37)8)41-32(40)14-11-26-10-9-23-39-24-26/h9-10,23-24,27-31,33H,1,11-22H2,2-8H3/t27-,28+,29-,30+,31-,33+,35+,36-,37+,38+/m0/s1. The van der Waals surface area contributed by atoms with E-state index in [2.05, 4.69) is 60.0 Å². The van der Waals surface area contributed by atoms with Crippen LogP contribution in [0.1, 0.15) is 125 Å². The minimum atomic E-state index is -0.0434. The van der Waals surface area contributed by atoms with Crippen molar-refractivity contribution < 1.29 is 9.53 Å². The molecule has 1 heterocycles. The van der Waals surface area contributed by atoms with Crippen molar-refractivity contribution in [3.05, 3.63) is 42.2 Å². The molecule has 1 aromatic rings. The van der Waals surface area contributed by atoms with Gasteiger partial charge in [-0.25, -0.2) is 0 Å². The van der Waals surface area contributed by atoms with Crippen LogP contribution >= 0.6 is 0 Å². The van der Waals surface area contributed by atoms with E-state index in [1.54, 1.807) is 6.20 Å². The molecule has 0 saturated heterocycles. The SMILES string of the molecule is C=C(C)[C@@H]1CC[C@]2(C)CC[C@]3(C)[C@H](CC[C@@H]4[C@@]5(C)CC[C@H](OC(=O)CCc6cccnc6)C(C)(C)[C@@H]5CC[C@]43C)[C@@H]12. The van der Waals surface area contributed by atoms with E-state index in [0.717, 1.165) is 35.7 Å². The predicted molar refractivity (Wildman–Crippen MR) is 167 cm³/mol. The van der Waals surface area contributed by atoms with Crippen LogP contribution in [0.5, 0.6) is 0 Å². The van der Waals surface area contributed by atoms with Gasteiger partial charge in [-0.15, -0.1) is 0 Å². The van der Waals surface area contributed by atoms with Crippen molar-refractivity contribution in [3.63, 3.8) is 0 Å². The van der Waals surface area contributed by atoms with E-state index in [-0.39, 0.29) is 17.5 Å². The highest BCUT2D eigenvalue weighted by Crippen LogP contribution is 2.77. The summed E-state index contributed by atoms with van der Waals surface area (Å²) in [6.45, 7) is 22.4. The van der Waals surface area contributed by atoms with Gasteiger partial charge in [0.2, 0.25) is 0 Å². The highest BCUT2D eigenvalue weighted by Gasteiger charge is 2.70. The molecule has 226 valence electrons. The minimum absolute atomic E-state index is 0.00230. The van der Waals surface area contributed by atoms with Gasteiger partial charge in [0, 0.05) is 24.2 Å². The number of esters is 1. The van der Waals surface area contributed by atoms with Crippen molar-refractivity contribution in [1.29, 1.82) is 0 Å². The number of hydrogen-bond acceptors (Lipinski definition) is 3. The molecule has 0 radical (unpaired) electrons. The van der Waals surface area contributed by atoms with Crippen LogP contribution in [0.25, 0.3) is 0 Å². The summed E-state index contributed by atoms with van der Waals surface area (Å²) in [5.74, 6) is 3.68. The Kier molecular flexibility index (Phi) is 7.14. The van der Waals surface area contributed by atoms with Gasteiger partial charge in [0.05, 0.1) is 0 Å². The zero-order valence-corrected chi connectivity index (χ0v) is 27.2. The molecule has 5 fully saturated rings. The highest BCUT2D eigenvalue weighted by molar-refractivity contribution is 5.70. The van der Waals surface area contributed by atoms with Crippen LogP contribution in [0.2, 0.25) is 0 Å². The first-order valence-electron chi connectivity index (χ1n) is 17.0. The van der Waals surface area contributed by atoms with Crippen LogP contribution in [-0.4, -0.2) is 17.1 Å². The Balaban J connectivity index is 1.21. The summed E-state index contributed by atoms with van der Waals surface area (Å²) in [6, 6.07) is 3.98. The second-order valence-electron chi connectivity index (χ2n) is 17.0. The maximum Gasteiger partial charge on any atom is 0.306 e. The van der Waals surface area contributed by atoms with E-state index in [0.29, 0.717) is 40.4 Å². The molecule has 3 heteroatoms. The largest absolute Gasteiger partial charge is 0.462 e. The number of nitrogens with zero attached hydrogens (tertiary/aromatic N) is 1. The Labute approximate surface area is 250 Å². The maximum absolute atomic E-state index is 13.0. The van der Waals surface area contributed by atoms with Gasteiger partial charge >= 0.3 is 5.97 Å². The van der Waals surface area contributed by atoms with E-state index in [1.807, 2.05) is 18.3 Å². The lowest BCUT2D eigenvalue weighted by molar-refractivity contribution is -0.249. The van der Waals surface area contributed by atoms with E-state index in [4.69, 9.17) is 4.74 Å². The number of rotatable bonds is 5. The van der Waals surface area contributed by atoms with Crippen molar-refractivity contribution in [2.75, 3.05) is 0 Å². The molecule has 0 amide bonds. The molecule has 0 N–H and O–H groups in total. The number of carbonyl (C=O) groups is 1. The summed E-state index contributed by atoms with van der Waals surface area (Å²) in [5.41, 5.74) is 4.16. The number of carbonyl (C=O) groups excluding carboxylic acids is 1. The molecule has 0 bridgehead atoms. The van der Waals surface area contributed by atoms with Gasteiger partial charge in [0.1, 0.15) is 6.10 Å². The van der Waals surface area contributed by atoms with Crippen LogP contribution in [0.15, 0.2) is 36.7 Å². The average molecular weight is 560 g/mol. The molecule has 0 spiro atoms. The van der Waals surface area contributed by atoms with Gasteiger partial charge < -0.3 is 4.74 Å². The summed E-state index contributed by atoms with van der Waals surface area (Å²) < 4.78 is 6.31. The molecule has 3 nitrogen and oxygen atoms in total. The van der Waals surface area contributed by atoms with Crippen molar-refractivity contribution in [1.82, 2.24) is 4.98 Å². The fourth-order valence-electron chi connectivity index (χ4n) is 12.7. The summed E-state index contributed by atoms with van der Waals surface area (Å²) in [7, 11) is 0. The monoisotopic (exact) mass is 559 g/mol. The zero-order valence-electron chi connectivity index (χ0n) is 27.2. The fourth-order valence-corrected chi connectivity index (χ4v) is 12.7. The highest BCUT2D eigenvalue weighted by atomic mass is 16.5. The van der Waals surface area contributed by atoms with Crippen LogP contribution in [0, 0.1) is 56.7 Å². The minimum Gasteiger partial charge on any atom is -0.462 e. The first kappa shape index (κ1) is 29.4. The summed E-state index contributed by atoms with van der Waals surface area (Å²) in [5, 5.41) is 0. The van der Waals surface area contributed by atoms with Crippen LogP contribution < -0.4 is 0 Å². The van der Waals surface area contributed by atoms with Crippen LogP contribution in [0.3, 0.4) is 0 Å². The fraction of sp³-hybridized carbons (Fsp3) is 0.789. The van der Waals surface area contributed by atoms with Gasteiger partial charge in [-0.1, -0.05) is 59.8 Å². The summed E-state index contributed by atoms with van der Waals surface area (Å²) in [6.07, 6.45) is 17.9. The first-order chi connectivity index (χ1) is 19.3. The van der Waals surface area contributed by atoms with Crippen molar-refractivity contribution in [2.24, 2.45) is 56.7 Å². The molecule has 10 atom stereocenters. The second-order valence-corrected chi connectivity index (χ2v) is 17.0. The lowest BCUT2D eigenvalue weighted by atomic mass is 9.32.